The van der Waals surface area contributed by atoms with Crippen LogP contribution >= 0.6 is 0 Å². The van der Waals surface area contributed by atoms with Crippen LogP contribution in [0.25, 0.3) is 17.1 Å². The highest BCUT2D eigenvalue weighted by molar-refractivity contribution is 5.62. The molecule has 3 rings (SSSR count). The Labute approximate surface area is 142 Å². The average molecular weight is 325 g/mol. The van der Waals surface area contributed by atoms with Gasteiger partial charge >= 0.3 is 0 Å². The van der Waals surface area contributed by atoms with Gasteiger partial charge in [0.05, 0.1) is 0 Å². The first-order valence-electron chi connectivity index (χ1n) is 8.20. The minimum atomic E-state index is 0.291. The summed E-state index contributed by atoms with van der Waals surface area (Å²) < 4.78 is 5.23. The number of nitrogens with two attached hydrogens (primary N) is 1. The zero-order chi connectivity index (χ0) is 16.9. The lowest BCUT2D eigenvalue weighted by Crippen LogP contribution is -2.29. The molecule has 126 valence electrons. The Kier molecular flexibility index (Phi) is 4.84. The number of nitrogens with one attached hydrogen (secondary N) is 1. The molecule has 1 aliphatic rings. The van der Waals surface area contributed by atoms with Gasteiger partial charge in [0.25, 0.3) is 5.89 Å². The van der Waals surface area contributed by atoms with Crippen molar-refractivity contribution in [3.8, 4) is 11.4 Å². The molecule has 1 aliphatic heterocycles. The molecule has 2 aromatic rings. The quantitative estimate of drug-likeness (QED) is 0.879. The zero-order valence-electron chi connectivity index (χ0n) is 14.0. The number of aromatic nitrogens is 2. The van der Waals surface area contributed by atoms with Gasteiger partial charge < -0.3 is 20.5 Å². The molecule has 2 heterocycles. The molecule has 24 heavy (non-hydrogen) atoms. The van der Waals surface area contributed by atoms with Crippen molar-refractivity contribution >= 4 is 11.4 Å². The van der Waals surface area contributed by atoms with Crippen LogP contribution in [0.1, 0.15) is 32.1 Å². The summed E-state index contributed by atoms with van der Waals surface area (Å²) in [6.45, 7) is 7.83. The standard InChI is InChI=1S/C18H23N5O/c1-13(2)20-12-16(19)18-21-17(22-24-18)14-6-8-15(9-7-14)23-10-4-3-5-11-23/h6-9,12,20H,1,3-5,10-11,19H2,2H3/b16-12-. The van der Waals surface area contributed by atoms with Crippen LogP contribution in [0.15, 0.2) is 47.3 Å². The highest BCUT2D eigenvalue weighted by atomic mass is 16.5. The normalized spacial score (nSPS) is 15.4. The van der Waals surface area contributed by atoms with E-state index in [4.69, 9.17) is 10.3 Å². The van der Waals surface area contributed by atoms with E-state index in [9.17, 15) is 0 Å². The first-order valence-corrected chi connectivity index (χ1v) is 8.20. The topological polar surface area (TPSA) is 80.2 Å². The number of nitrogens with zero attached hydrogens (tertiary/aromatic N) is 3. The lowest BCUT2D eigenvalue weighted by atomic mass is 10.1. The highest BCUT2D eigenvalue weighted by Gasteiger charge is 2.13. The second kappa shape index (κ2) is 7.21. The summed E-state index contributed by atoms with van der Waals surface area (Å²) in [5, 5.41) is 6.93. The van der Waals surface area contributed by atoms with Crippen LogP contribution in [-0.2, 0) is 0 Å². The molecule has 0 aliphatic carbocycles. The Balaban J connectivity index is 1.73. The Morgan fingerprint density at radius 3 is 2.62 bits per heavy atom. The van der Waals surface area contributed by atoms with Crippen molar-refractivity contribution in [2.75, 3.05) is 18.0 Å². The molecule has 1 saturated heterocycles. The summed E-state index contributed by atoms with van der Waals surface area (Å²) in [7, 11) is 0. The summed E-state index contributed by atoms with van der Waals surface area (Å²) in [4.78, 5) is 6.76. The Bertz CT molecular complexity index is 726. The van der Waals surface area contributed by atoms with Gasteiger partial charge in [-0.2, -0.15) is 4.98 Å². The largest absolute Gasteiger partial charge is 0.393 e. The maximum absolute atomic E-state index is 5.91. The number of hydrogen-bond donors (Lipinski definition) is 2. The van der Waals surface area contributed by atoms with Crippen molar-refractivity contribution in [2.24, 2.45) is 5.73 Å². The van der Waals surface area contributed by atoms with Crippen molar-refractivity contribution in [3.63, 3.8) is 0 Å². The predicted octanol–water partition coefficient (Wildman–Crippen LogP) is 3.11. The van der Waals surface area contributed by atoms with Gasteiger partial charge in [-0.3, -0.25) is 0 Å². The zero-order valence-corrected chi connectivity index (χ0v) is 14.0. The number of allylic oxidation sites excluding steroid dienone is 1. The highest BCUT2D eigenvalue weighted by Crippen LogP contribution is 2.24. The summed E-state index contributed by atoms with van der Waals surface area (Å²) in [6, 6.07) is 8.26. The lowest BCUT2D eigenvalue weighted by molar-refractivity contribution is 0.407. The van der Waals surface area contributed by atoms with E-state index in [2.05, 4.69) is 39.1 Å². The van der Waals surface area contributed by atoms with Crippen LogP contribution < -0.4 is 16.0 Å². The molecule has 6 nitrogen and oxygen atoms in total. The van der Waals surface area contributed by atoms with E-state index in [0.29, 0.717) is 17.4 Å². The van der Waals surface area contributed by atoms with E-state index in [1.165, 1.54) is 24.9 Å². The van der Waals surface area contributed by atoms with Gasteiger partial charge in [0.1, 0.15) is 5.70 Å². The molecule has 1 aromatic heterocycles. The molecule has 0 amide bonds. The molecule has 3 N–H and O–H groups in total. The fourth-order valence-electron chi connectivity index (χ4n) is 2.69. The number of anilines is 1. The molecule has 0 atom stereocenters. The first-order chi connectivity index (χ1) is 11.6. The molecule has 0 saturated carbocycles. The van der Waals surface area contributed by atoms with Crippen molar-refractivity contribution in [2.45, 2.75) is 26.2 Å². The van der Waals surface area contributed by atoms with Crippen molar-refractivity contribution < 1.29 is 4.52 Å². The SMILES string of the molecule is C=C(C)N/C=C(\N)c1nc(-c2ccc(N3CCCCC3)cc2)no1. The summed E-state index contributed by atoms with van der Waals surface area (Å²) in [6.07, 6.45) is 5.45. The predicted molar refractivity (Wildman–Crippen MR) is 95.9 cm³/mol. The van der Waals surface area contributed by atoms with Crippen molar-refractivity contribution in [1.82, 2.24) is 15.5 Å². The molecule has 0 radical (unpaired) electrons. The van der Waals surface area contributed by atoms with E-state index in [-0.39, 0.29) is 0 Å². The maximum atomic E-state index is 5.91. The van der Waals surface area contributed by atoms with E-state index >= 15 is 0 Å². The van der Waals surface area contributed by atoms with Crippen LogP contribution in [0.2, 0.25) is 0 Å². The van der Waals surface area contributed by atoms with E-state index in [1.807, 2.05) is 19.1 Å². The Morgan fingerprint density at radius 1 is 1.25 bits per heavy atom. The average Bonchev–Trinajstić information content (AvgIpc) is 3.11. The van der Waals surface area contributed by atoms with Gasteiger partial charge in [-0.1, -0.05) is 11.7 Å². The van der Waals surface area contributed by atoms with Crippen LogP contribution in [0.5, 0.6) is 0 Å². The van der Waals surface area contributed by atoms with E-state index in [0.717, 1.165) is 24.4 Å². The van der Waals surface area contributed by atoms with Crippen molar-refractivity contribution in [1.29, 1.82) is 0 Å². The van der Waals surface area contributed by atoms with Gasteiger partial charge in [0.15, 0.2) is 0 Å². The number of hydrogen-bond acceptors (Lipinski definition) is 6. The number of rotatable bonds is 5. The van der Waals surface area contributed by atoms with Crippen LogP contribution in [-0.4, -0.2) is 23.2 Å². The maximum Gasteiger partial charge on any atom is 0.275 e. The number of piperidine rings is 1. The van der Waals surface area contributed by atoms with Gasteiger partial charge in [0.2, 0.25) is 5.82 Å². The fourth-order valence-corrected chi connectivity index (χ4v) is 2.69. The molecular weight excluding hydrogens is 302 g/mol. The van der Waals surface area contributed by atoms with E-state index < -0.39 is 0 Å². The molecule has 0 unspecified atom stereocenters. The van der Waals surface area contributed by atoms with Crippen LogP contribution in [0.3, 0.4) is 0 Å². The van der Waals surface area contributed by atoms with Gasteiger partial charge in [-0.15, -0.1) is 0 Å². The fraction of sp³-hybridized carbons (Fsp3) is 0.333. The first kappa shape index (κ1) is 16.1. The van der Waals surface area contributed by atoms with Crippen molar-refractivity contribution in [3.05, 3.63) is 48.6 Å². The Hall–Kier alpha value is -2.76. The second-order valence-electron chi connectivity index (χ2n) is 6.04. The minimum absolute atomic E-state index is 0.291. The Morgan fingerprint density at radius 2 is 1.96 bits per heavy atom. The summed E-state index contributed by atoms with van der Waals surface area (Å²) in [5.41, 5.74) is 9.22. The molecular formula is C18H23N5O. The smallest absolute Gasteiger partial charge is 0.275 e. The lowest BCUT2D eigenvalue weighted by Gasteiger charge is -2.28. The summed E-state index contributed by atoms with van der Waals surface area (Å²) in [5.74, 6) is 0.820. The molecule has 6 heteroatoms. The van der Waals surface area contributed by atoms with Crippen LogP contribution in [0, 0.1) is 0 Å². The third-order valence-electron chi connectivity index (χ3n) is 3.99. The summed E-state index contributed by atoms with van der Waals surface area (Å²) >= 11 is 0. The van der Waals surface area contributed by atoms with E-state index in [1.54, 1.807) is 6.20 Å². The molecule has 1 fully saturated rings. The number of benzene rings is 1. The third-order valence-corrected chi connectivity index (χ3v) is 3.99. The van der Waals surface area contributed by atoms with Crippen LogP contribution in [0.4, 0.5) is 5.69 Å². The third kappa shape index (κ3) is 3.76. The van der Waals surface area contributed by atoms with Gasteiger partial charge in [-0.05, 0) is 50.5 Å². The van der Waals surface area contributed by atoms with Gasteiger partial charge in [-0.25, -0.2) is 0 Å². The molecule has 0 bridgehead atoms. The minimum Gasteiger partial charge on any atom is -0.393 e. The molecule has 0 spiro atoms. The second-order valence-corrected chi connectivity index (χ2v) is 6.04. The molecule has 1 aromatic carbocycles. The monoisotopic (exact) mass is 325 g/mol. The van der Waals surface area contributed by atoms with Gasteiger partial charge in [0, 0.05) is 36.2 Å².